The molecule has 0 aliphatic rings. The van der Waals surface area contributed by atoms with Crippen LogP contribution in [0.25, 0.3) is 0 Å². The molecule has 0 aromatic carbocycles. The van der Waals surface area contributed by atoms with Crippen molar-refractivity contribution in [2.45, 2.75) is 45.4 Å². The lowest BCUT2D eigenvalue weighted by Crippen LogP contribution is -2.05. The minimum atomic E-state index is -0.293. The van der Waals surface area contributed by atoms with Crippen molar-refractivity contribution in [1.29, 1.82) is 5.26 Å². The molecule has 0 atom stereocenters. The molecule has 0 aromatic heterocycles. The second kappa shape index (κ2) is 11.5. The number of carbonyl (C=O) groups is 1. The molecule has 0 heterocycles. The predicted molar refractivity (Wildman–Crippen MR) is 71.5 cm³/mol. The zero-order valence-corrected chi connectivity index (χ0v) is 11.4. The molecule has 0 bridgehead atoms. The fourth-order valence-corrected chi connectivity index (χ4v) is 1.76. The van der Waals surface area contributed by atoms with Crippen molar-refractivity contribution < 1.29 is 9.53 Å². The summed E-state index contributed by atoms with van der Waals surface area (Å²) in [6.45, 7) is 5.67. The van der Waals surface area contributed by atoms with E-state index < -0.39 is 0 Å². The monoisotopic (exact) mass is 255 g/mol. The number of esters is 1. The molecule has 0 saturated heterocycles. The summed E-state index contributed by atoms with van der Waals surface area (Å²) < 4.78 is 4.99. The van der Waals surface area contributed by atoms with E-state index in [9.17, 15) is 4.79 Å². The van der Waals surface area contributed by atoms with Crippen LogP contribution in [0.3, 0.4) is 0 Å². The number of nitriles is 1. The van der Waals surface area contributed by atoms with Crippen molar-refractivity contribution in [2.24, 2.45) is 0 Å². The van der Waals surface area contributed by atoms with Gasteiger partial charge in [0.25, 0.3) is 0 Å². The lowest BCUT2D eigenvalue weighted by atomic mass is 10.1. The third kappa shape index (κ3) is 11.3. The Morgan fingerprint density at radius 3 is 2.41 bits per heavy atom. The van der Waals surface area contributed by atoms with Crippen LogP contribution in [0.2, 0.25) is 0 Å². The van der Waals surface area contributed by atoms with Gasteiger partial charge in [0.1, 0.15) is 5.40 Å². The van der Waals surface area contributed by atoms with Crippen molar-refractivity contribution >= 4 is 17.7 Å². The van der Waals surface area contributed by atoms with Crippen molar-refractivity contribution in [3.05, 3.63) is 12.2 Å². The summed E-state index contributed by atoms with van der Waals surface area (Å²) in [5.41, 5.74) is 0.458. The molecule has 0 fully saturated rings. The summed E-state index contributed by atoms with van der Waals surface area (Å²) >= 11 is 1.33. The van der Waals surface area contributed by atoms with Gasteiger partial charge in [-0.05, 0) is 31.5 Å². The summed E-state index contributed by atoms with van der Waals surface area (Å²) in [4.78, 5) is 11.0. The highest BCUT2D eigenvalue weighted by Crippen LogP contribution is 2.09. The number of thioether (sulfide) groups is 1. The van der Waals surface area contributed by atoms with E-state index in [4.69, 9.17) is 10.00 Å². The molecule has 0 radical (unpaired) electrons. The standard InChI is InChI=1S/C13H21NO2S/c1-12(2)13(15)16-9-7-5-3-4-6-8-10-17-11-14/h1,3-10H2,2H3. The summed E-state index contributed by atoms with van der Waals surface area (Å²) in [5.74, 6) is 0.644. The zero-order valence-electron chi connectivity index (χ0n) is 10.5. The molecule has 0 spiro atoms. The Morgan fingerprint density at radius 1 is 1.24 bits per heavy atom. The summed E-state index contributed by atoms with van der Waals surface area (Å²) in [6.07, 6.45) is 6.67. The summed E-state index contributed by atoms with van der Waals surface area (Å²) in [7, 11) is 0. The number of unbranched alkanes of at least 4 members (excludes halogenated alkanes) is 5. The number of rotatable bonds is 10. The first kappa shape index (κ1) is 16.1. The van der Waals surface area contributed by atoms with Gasteiger partial charge in [-0.1, -0.05) is 32.3 Å². The van der Waals surface area contributed by atoms with Crippen LogP contribution in [0.4, 0.5) is 0 Å². The Morgan fingerprint density at radius 2 is 1.82 bits per heavy atom. The molecule has 0 amide bonds. The molecule has 0 aliphatic carbocycles. The first-order valence-electron chi connectivity index (χ1n) is 6.02. The number of nitrogens with zero attached hydrogens (tertiary/aromatic N) is 1. The number of carbonyl (C=O) groups excluding carboxylic acids is 1. The van der Waals surface area contributed by atoms with Gasteiger partial charge in [-0.25, -0.2) is 4.79 Å². The van der Waals surface area contributed by atoms with E-state index in [1.807, 2.05) is 0 Å². The van der Waals surface area contributed by atoms with Gasteiger partial charge in [0.05, 0.1) is 6.61 Å². The van der Waals surface area contributed by atoms with Crippen LogP contribution in [-0.4, -0.2) is 18.3 Å². The minimum absolute atomic E-state index is 0.293. The maximum absolute atomic E-state index is 11.0. The van der Waals surface area contributed by atoms with Crippen LogP contribution >= 0.6 is 11.8 Å². The Hall–Kier alpha value is -0.950. The van der Waals surface area contributed by atoms with Gasteiger partial charge in [0.2, 0.25) is 0 Å². The second-order valence-corrected chi connectivity index (χ2v) is 4.86. The van der Waals surface area contributed by atoms with Crippen LogP contribution in [0.15, 0.2) is 12.2 Å². The van der Waals surface area contributed by atoms with Crippen molar-refractivity contribution in [3.8, 4) is 5.40 Å². The van der Waals surface area contributed by atoms with Crippen LogP contribution in [-0.2, 0) is 9.53 Å². The van der Waals surface area contributed by atoms with Crippen LogP contribution < -0.4 is 0 Å². The van der Waals surface area contributed by atoms with Crippen LogP contribution in [0.1, 0.15) is 45.4 Å². The maximum Gasteiger partial charge on any atom is 0.333 e. The molecule has 96 valence electrons. The average Bonchev–Trinajstić information content (AvgIpc) is 2.31. The first-order chi connectivity index (χ1) is 8.18. The minimum Gasteiger partial charge on any atom is -0.462 e. The zero-order chi connectivity index (χ0) is 12.9. The predicted octanol–water partition coefficient (Wildman–Crippen LogP) is 3.66. The number of hydrogen-bond acceptors (Lipinski definition) is 4. The third-order valence-corrected chi connectivity index (χ3v) is 2.91. The van der Waals surface area contributed by atoms with E-state index in [0.29, 0.717) is 12.2 Å². The average molecular weight is 255 g/mol. The van der Waals surface area contributed by atoms with E-state index >= 15 is 0 Å². The normalized spacial score (nSPS) is 9.65. The molecule has 0 N–H and O–H groups in total. The van der Waals surface area contributed by atoms with Gasteiger partial charge in [-0.2, -0.15) is 5.26 Å². The Kier molecular flexibility index (Phi) is 10.9. The fraction of sp³-hybridized carbons (Fsp3) is 0.692. The lowest BCUT2D eigenvalue weighted by molar-refractivity contribution is -0.139. The molecule has 3 nitrogen and oxygen atoms in total. The highest BCUT2D eigenvalue weighted by Gasteiger charge is 2.01. The molecular weight excluding hydrogens is 234 g/mol. The summed E-state index contributed by atoms with van der Waals surface area (Å²) in [5, 5.41) is 10.4. The lowest BCUT2D eigenvalue weighted by Gasteiger charge is -2.04. The van der Waals surface area contributed by atoms with Gasteiger partial charge in [0.15, 0.2) is 0 Å². The van der Waals surface area contributed by atoms with Gasteiger partial charge < -0.3 is 4.74 Å². The highest BCUT2D eigenvalue weighted by molar-refractivity contribution is 8.03. The smallest absolute Gasteiger partial charge is 0.333 e. The van der Waals surface area contributed by atoms with E-state index in [0.717, 1.165) is 25.0 Å². The number of thiocyanates is 1. The maximum atomic E-state index is 11.0. The Labute approximate surface area is 108 Å². The van der Waals surface area contributed by atoms with E-state index in [2.05, 4.69) is 12.0 Å². The third-order valence-electron chi connectivity index (χ3n) is 2.29. The van der Waals surface area contributed by atoms with E-state index in [-0.39, 0.29) is 5.97 Å². The van der Waals surface area contributed by atoms with Crippen molar-refractivity contribution in [1.82, 2.24) is 0 Å². The molecule has 4 heteroatoms. The topological polar surface area (TPSA) is 50.1 Å². The van der Waals surface area contributed by atoms with Crippen molar-refractivity contribution in [3.63, 3.8) is 0 Å². The fourth-order valence-electron chi connectivity index (χ4n) is 1.32. The first-order valence-corrected chi connectivity index (χ1v) is 7.00. The molecular formula is C13H21NO2S. The molecule has 0 aliphatic heterocycles. The molecule has 0 aromatic rings. The van der Waals surface area contributed by atoms with Gasteiger partial charge in [0, 0.05) is 11.3 Å². The van der Waals surface area contributed by atoms with Gasteiger partial charge in [-0.3, -0.25) is 0 Å². The molecule has 0 saturated carbocycles. The van der Waals surface area contributed by atoms with Crippen LogP contribution in [0.5, 0.6) is 0 Å². The van der Waals surface area contributed by atoms with E-state index in [1.54, 1.807) is 6.92 Å². The summed E-state index contributed by atoms with van der Waals surface area (Å²) in [6, 6.07) is 0. The second-order valence-electron chi connectivity index (χ2n) is 3.98. The SMILES string of the molecule is C=C(C)C(=O)OCCCCCCCCSC#N. The van der Waals surface area contributed by atoms with Crippen LogP contribution in [0, 0.1) is 10.7 Å². The Bertz CT molecular complexity index is 271. The Balaban J connectivity index is 3.12. The highest BCUT2D eigenvalue weighted by atomic mass is 32.2. The quantitative estimate of drug-likeness (QED) is 0.259. The molecule has 17 heavy (non-hydrogen) atoms. The molecule has 0 rings (SSSR count). The van der Waals surface area contributed by atoms with Gasteiger partial charge >= 0.3 is 5.97 Å². The number of ether oxygens (including phenoxy) is 1. The molecule has 0 unspecified atom stereocenters. The number of hydrogen-bond donors (Lipinski definition) is 0. The largest absolute Gasteiger partial charge is 0.462 e. The van der Waals surface area contributed by atoms with Crippen molar-refractivity contribution in [2.75, 3.05) is 12.4 Å². The van der Waals surface area contributed by atoms with E-state index in [1.165, 1.54) is 31.0 Å². The van der Waals surface area contributed by atoms with Gasteiger partial charge in [-0.15, -0.1) is 0 Å².